The fourth-order valence-corrected chi connectivity index (χ4v) is 1.51. The molecule has 0 radical (unpaired) electrons. The first-order chi connectivity index (χ1) is 9.17. The zero-order valence-corrected chi connectivity index (χ0v) is 10.7. The minimum atomic E-state index is -0.904. The molecular formula is C13H17NO5. The molecule has 2 N–H and O–H groups in total. The first-order valence-corrected chi connectivity index (χ1v) is 5.99. The van der Waals surface area contributed by atoms with Gasteiger partial charge < -0.3 is 10.1 Å². The Labute approximate surface area is 111 Å². The third kappa shape index (κ3) is 5.39. The lowest BCUT2D eigenvalue weighted by molar-refractivity contribution is -0.236. The molecule has 19 heavy (non-hydrogen) atoms. The van der Waals surface area contributed by atoms with E-state index >= 15 is 0 Å². The van der Waals surface area contributed by atoms with Crippen molar-refractivity contribution < 1.29 is 24.5 Å². The highest BCUT2D eigenvalue weighted by Crippen LogP contribution is 2.03. The van der Waals surface area contributed by atoms with Crippen LogP contribution in [0.4, 0.5) is 4.79 Å². The van der Waals surface area contributed by atoms with Gasteiger partial charge in [0.15, 0.2) is 0 Å². The third-order valence-electron chi connectivity index (χ3n) is 2.46. The summed E-state index contributed by atoms with van der Waals surface area (Å²) in [6.45, 7) is 1.95. The Morgan fingerprint density at radius 3 is 2.58 bits per heavy atom. The van der Waals surface area contributed by atoms with Gasteiger partial charge in [-0.25, -0.2) is 9.59 Å². The summed E-state index contributed by atoms with van der Waals surface area (Å²) < 4.78 is 4.96. The summed E-state index contributed by atoms with van der Waals surface area (Å²) in [5, 5.41) is 10.7. The fraction of sp³-hybridized carbons (Fsp3) is 0.385. The van der Waals surface area contributed by atoms with Crippen molar-refractivity contribution in [3.05, 3.63) is 35.9 Å². The lowest BCUT2D eigenvalue weighted by atomic mass is 10.2. The Morgan fingerprint density at radius 2 is 2.00 bits per heavy atom. The molecule has 1 rings (SSSR count). The average Bonchev–Trinajstić information content (AvgIpc) is 2.45. The summed E-state index contributed by atoms with van der Waals surface area (Å²) in [6, 6.07) is 8.26. The maximum absolute atomic E-state index is 11.5. The molecule has 6 heteroatoms. The van der Waals surface area contributed by atoms with Gasteiger partial charge in [-0.15, -0.1) is 0 Å². The van der Waals surface area contributed by atoms with Gasteiger partial charge in [-0.3, -0.25) is 4.89 Å². The number of hydrogen-bond donors (Lipinski definition) is 2. The highest BCUT2D eigenvalue weighted by atomic mass is 17.1. The molecule has 1 amide bonds. The Balaban J connectivity index is 2.42. The van der Waals surface area contributed by atoms with E-state index in [9.17, 15) is 9.59 Å². The molecule has 0 aromatic heterocycles. The summed E-state index contributed by atoms with van der Waals surface area (Å²) in [7, 11) is 0. The molecule has 0 saturated carbocycles. The molecule has 0 saturated heterocycles. The molecule has 1 aromatic rings. The van der Waals surface area contributed by atoms with Crippen LogP contribution < -0.4 is 5.32 Å². The lowest BCUT2D eigenvalue weighted by Crippen LogP contribution is -2.41. The number of hydrogen-bond acceptors (Lipinski definition) is 5. The van der Waals surface area contributed by atoms with E-state index in [1.165, 1.54) is 0 Å². The average molecular weight is 267 g/mol. The standard InChI is InChI=1S/C13H17NO5/c1-2-6-11(12(15)19-17)14-13(16)18-9-10-7-4-3-5-8-10/h3-5,7-8,11,17H,2,6,9H2,1H3,(H,14,16)/t11-/m0/s1. The number of ether oxygens (including phenoxy) is 1. The minimum absolute atomic E-state index is 0.111. The number of carbonyl (C=O) groups is 2. The first kappa shape index (κ1) is 15.0. The molecule has 0 aliphatic carbocycles. The molecule has 6 nitrogen and oxygen atoms in total. The Hall–Kier alpha value is -2.08. The highest BCUT2D eigenvalue weighted by Gasteiger charge is 2.22. The van der Waals surface area contributed by atoms with Gasteiger partial charge in [-0.1, -0.05) is 43.7 Å². The first-order valence-electron chi connectivity index (χ1n) is 5.99. The number of amides is 1. The summed E-state index contributed by atoms with van der Waals surface area (Å²) >= 11 is 0. The number of alkyl carbamates (subject to hydrolysis) is 1. The largest absolute Gasteiger partial charge is 0.445 e. The van der Waals surface area contributed by atoms with Crippen molar-refractivity contribution in [3.63, 3.8) is 0 Å². The number of nitrogens with one attached hydrogen (secondary N) is 1. The molecule has 0 aliphatic heterocycles. The summed E-state index contributed by atoms with van der Waals surface area (Å²) in [6.07, 6.45) is 0.283. The molecule has 0 heterocycles. The maximum Gasteiger partial charge on any atom is 0.408 e. The monoisotopic (exact) mass is 267 g/mol. The zero-order valence-electron chi connectivity index (χ0n) is 10.7. The van der Waals surface area contributed by atoms with E-state index in [1.807, 2.05) is 37.3 Å². The third-order valence-corrected chi connectivity index (χ3v) is 2.46. The molecular weight excluding hydrogens is 250 g/mol. The van der Waals surface area contributed by atoms with Crippen LogP contribution in [0.15, 0.2) is 30.3 Å². The molecule has 0 fully saturated rings. The van der Waals surface area contributed by atoms with Crippen molar-refractivity contribution in [3.8, 4) is 0 Å². The van der Waals surface area contributed by atoms with E-state index in [1.54, 1.807) is 0 Å². The van der Waals surface area contributed by atoms with Crippen LogP contribution in [-0.4, -0.2) is 23.4 Å². The van der Waals surface area contributed by atoms with Crippen LogP contribution in [0.1, 0.15) is 25.3 Å². The molecule has 0 unspecified atom stereocenters. The molecule has 104 valence electrons. The van der Waals surface area contributed by atoms with Gasteiger partial charge in [0.05, 0.1) is 0 Å². The van der Waals surface area contributed by atoms with Crippen molar-refractivity contribution in [2.45, 2.75) is 32.4 Å². The zero-order chi connectivity index (χ0) is 14.1. The molecule has 0 bridgehead atoms. The van der Waals surface area contributed by atoms with Crippen LogP contribution in [0.3, 0.4) is 0 Å². The van der Waals surface area contributed by atoms with Gasteiger partial charge in [-0.2, -0.15) is 5.26 Å². The van der Waals surface area contributed by atoms with Crippen molar-refractivity contribution in [2.75, 3.05) is 0 Å². The second-order valence-electron chi connectivity index (χ2n) is 3.96. The van der Waals surface area contributed by atoms with Gasteiger partial charge >= 0.3 is 12.1 Å². The smallest absolute Gasteiger partial charge is 0.408 e. The fourth-order valence-electron chi connectivity index (χ4n) is 1.51. The van der Waals surface area contributed by atoms with Crippen LogP contribution >= 0.6 is 0 Å². The number of carbonyl (C=O) groups excluding carboxylic acids is 2. The normalized spacial score (nSPS) is 11.5. The Morgan fingerprint density at radius 1 is 1.32 bits per heavy atom. The summed E-state index contributed by atoms with van der Waals surface area (Å²) in [4.78, 5) is 26.3. The van der Waals surface area contributed by atoms with Crippen molar-refractivity contribution in [1.29, 1.82) is 0 Å². The Kier molecular flexibility index (Phi) is 6.38. The van der Waals surface area contributed by atoms with Crippen LogP contribution in [0.25, 0.3) is 0 Å². The van der Waals surface area contributed by atoms with Crippen molar-refractivity contribution in [2.24, 2.45) is 0 Å². The van der Waals surface area contributed by atoms with Crippen LogP contribution in [0.5, 0.6) is 0 Å². The van der Waals surface area contributed by atoms with E-state index in [-0.39, 0.29) is 6.61 Å². The van der Waals surface area contributed by atoms with E-state index in [2.05, 4.69) is 10.2 Å². The van der Waals surface area contributed by atoms with Crippen LogP contribution in [0.2, 0.25) is 0 Å². The van der Waals surface area contributed by atoms with E-state index in [0.717, 1.165) is 5.56 Å². The van der Waals surface area contributed by atoms with Gasteiger partial charge in [0, 0.05) is 0 Å². The van der Waals surface area contributed by atoms with Crippen molar-refractivity contribution >= 4 is 12.1 Å². The summed E-state index contributed by atoms with van der Waals surface area (Å²) in [5.74, 6) is -0.904. The lowest BCUT2D eigenvalue weighted by Gasteiger charge is -2.14. The highest BCUT2D eigenvalue weighted by molar-refractivity contribution is 5.80. The van der Waals surface area contributed by atoms with E-state index < -0.39 is 18.1 Å². The number of benzene rings is 1. The van der Waals surface area contributed by atoms with E-state index in [0.29, 0.717) is 12.8 Å². The van der Waals surface area contributed by atoms with Crippen molar-refractivity contribution in [1.82, 2.24) is 5.32 Å². The van der Waals surface area contributed by atoms with Gasteiger partial charge in [0.1, 0.15) is 12.6 Å². The van der Waals surface area contributed by atoms with Gasteiger partial charge in [-0.05, 0) is 12.0 Å². The molecule has 1 aromatic carbocycles. The SMILES string of the molecule is CCC[C@H](NC(=O)OCc1ccccc1)C(=O)OO. The van der Waals surface area contributed by atoms with E-state index in [4.69, 9.17) is 9.99 Å². The summed E-state index contributed by atoms with van der Waals surface area (Å²) in [5.41, 5.74) is 0.842. The van der Waals surface area contributed by atoms with Crippen LogP contribution in [-0.2, 0) is 21.0 Å². The second kappa shape index (κ2) is 8.10. The van der Waals surface area contributed by atoms with Gasteiger partial charge in [0.2, 0.25) is 0 Å². The molecule has 0 aliphatic rings. The van der Waals surface area contributed by atoms with Crippen LogP contribution in [0, 0.1) is 0 Å². The Bertz CT molecular complexity index is 407. The molecule has 0 spiro atoms. The predicted molar refractivity (Wildman–Crippen MR) is 67.2 cm³/mol. The van der Waals surface area contributed by atoms with Gasteiger partial charge in [0.25, 0.3) is 0 Å². The number of rotatable bonds is 6. The predicted octanol–water partition coefficient (Wildman–Crippen LogP) is 2.10. The molecule has 1 atom stereocenters. The maximum atomic E-state index is 11.5. The second-order valence-corrected chi connectivity index (χ2v) is 3.96. The topological polar surface area (TPSA) is 84.9 Å². The quantitative estimate of drug-likeness (QED) is 0.609. The minimum Gasteiger partial charge on any atom is -0.445 e.